The van der Waals surface area contributed by atoms with Crippen molar-refractivity contribution < 1.29 is 14.0 Å². The van der Waals surface area contributed by atoms with E-state index in [0.717, 1.165) is 18.3 Å². The van der Waals surface area contributed by atoms with Gasteiger partial charge in [-0.2, -0.15) is 0 Å². The molecule has 1 aliphatic carbocycles. The molecule has 0 spiro atoms. The summed E-state index contributed by atoms with van der Waals surface area (Å²) in [6, 6.07) is 10.2. The highest BCUT2D eigenvalue weighted by Crippen LogP contribution is 2.43. The fourth-order valence-electron chi connectivity index (χ4n) is 3.64. The van der Waals surface area contributed by atoms with Gasteiger partial charge in [0.25, 0.3) is 0 Å². The first kappa shape index (κ1) is 22.1. The summed E-state index contributed by atoms with van der Waals surface area (Å²) in [5.74, 6) is 0.195. The zero-order valence-corrected chi connectivity index (χ0v) is 18.8. The second-order valence-corrected chi connectivity index (χ2v) is 14.2. The van der Waals surface area contributed by atoms with Crippen molar-refractivity contribution in [2.75, 3.05) is 0 Å². The molecule has 4 heteroatoms. The van der Waals surface area contributed by atoms with Gasteiger partial charge in [-0.3, -0.25) is 0 Å². The quantitative estimate of drug-likeness (QED) is 0.345. The van der Waals surface area contributed by atoms with E-state index in [1.807, 2.05) is 24.3 Å². The van der Waals surface area contributed by atoms with Crippen LogP contribution in [0.15, 0.2) is 43.0 Å². The Hall–Kier alpha value is -1.23. The molecule has 0 heterocycles. The van der Waals surface area contributed by atoms with Gasteiger partial charge in [-0.05, 0) is 36.0 Å². The third-order valence-corrected chi connectivity index (χ3v) is 10.8. The van der Waals surface area contributed by atoms with E-state index in [4.69, 9.17) is 9.16 Å². The Morgan fingerprint density at radius 1 is 1.19 bits per heavy atom. The summed E-state index contributed by atoms with van der Waals surface area (Å²) in [5.41, 5.74) is 1.13. The van der Waals surface area contributed by atoms with Gasteiger partial charge in [0.05, 0.1) is 18.8 Å². The summed E-state index contributed by atoms with van der Waals surface area (Å²) in [6.07, 6.45) is 3.61. The van der Waals surface area contributed by atoms with Gasteiger partial charge in [0.2, 0.25) is 0 Å². The number of hydrogen-bond donors (Lipinski definition) is 0. The molecule has 5 atom stereocenters. The van der Waals surface area contributed by atoms with Crippen LogP contribution in [0.1, 0.15) is 39.7 Å². The highest BCUT2D eigenvalue weighted by molar-refractivity contribution is 6.74. The van der Waals surface area contributed by atoms with Gasteiger partial charge in [0, 0.05) is 11.8 Å². The van der Waals surface area contributed by atoms with Crippen LogP contribution in [0, 0.1) is 17.8 Å². The molecule has 2 rings (SSSR count). The molecule has 27 heavy (non-hydrogen) atoms. The minimum Gasteiger partial charge on any atom is -0.411 e. The summed E-state index contributed by atoms with van der Waals surface area (Å²) in [6.45, 7) is 18.0. The third-order valence-electron chi connectivity index (χ3n) is 6.37. The molecule has 0 unspecified atom stereocenters. The molecule has 1 aromatic rings. The minimum atomic E-state index is -1.96. The molecule has 0 saturated heterocycles. The normalized spacial score (nSPS) is 29.3. The second-order valence-electron chi connectivity index (χ2n) is 9.43. The van der Waals surface area contributed by atoms with Gasteiger partial charge in [0.1, 0.15) is 6.29 Å². The van der Waals surface area contributed by atoms with Crippen molar-refractivity contribution in [1.29, 1.82) is 0 Å². The first-order chi connectivity index (χ1) is 12.6. The van der Waals surface area contributed by atoms with E-state index >= 15 is 0 Å². The second kappa shape index (κ2) is 8.85. The number of hydrogen-bond acceptors (Lipinski definition) is 3. The van der Waals surface area contributed by atoms with E-state index in [1.165, 1.54) is 0 Å². The summed E-state index contributed by atoms with van der Waals surface area (Å²) in [5, 5.41) is 0.127. The van der Waals surface area contributed by atoms with Crippen molar-refractivity contribution >= 4 is 14.6 Å². The zero-order chi connectivity index (χ0) is 20.2. The maximum atomic E-state index is 11.7. The predicted molar refractivity (Wildman–Crippen MR) is 114 cm³/mol. The lowest BCUT2D eigenvalue weighted by molar-refractivity contribution is -0.133. The van der Waals surface area contributed by atoms with Crippen LogP contribution in [0.3, 0.4) is 0 Å². The van der Waals surface area contributed by atoms with E-state index in [-0.39, 0.29) is 35.0 Å². The van der Waals surface area contributed by atoms with Gasteiger partial charge in [-0.1, -0.05) is 64.1 Å². The summed E-state index contributed by atoms with van der Waals surface area (Å²) in [4.78, 5) is 11.7. The molecule has 0 N–H and O–H groups in total. The van der Waals surface area contributed by atoms with E-state index in [1.54, 1.807) is 0 Å². The molecule has 1 aromatic carbocycles. The Morgan fingerprint density at radius 3 is 2.33 bits per heavy atom. The van der Waals surface area contributed by atoms with Crippen LogP contribution in [0.5, 0.6) is 0 Å². The van der Waals surface area contributed by atoms with Gasteiger partial charge < -0.3 is 14.0 Å². The van der Waals surface area contributed by atoms with Crippen molar-refractivity contribution in [3.05, 3.63) is 48.6 Å². The minimum absolute atomic E-state index is 0.0165. The molecular formula is C23H36O3Si. The maximum absolute atomic E-state index is 11.7. The lowest BCUT2D eigenvalue weighted by Crippen LogP contribution is -2.55. The van der Waals surface area contributed by atoms with Crippen LogP contribution in [-0.4, -0.2) is 26.8 Å². The molecule has 1 fully saturated rings. The topological polar surface area (TPSA) is 35.5 Å². The van der Waals surface area contributed by atoms with Crippen LogP contribution >= 0.6 is 0 Å². The first-order valence-electron chi connectivity index (χ1n) is 10.0. The number of benzene rings is 1. The summed E-state index contributed by atoms with van der Waals surface area (Å²) >= 11 is 0. The third kappa shape index (κ3) is 5.18. The summed E-state index contributed by atoms with van der Waals surface area (Å²) in [7, 11) is -1.96. The SMILES string of the molecule is C=C[C@H]1[C@@H](OCc2ccccc2)[C@@H](O[Si](C)(C)C(C)(C)C)[C@H](C)C[C@@H]1C=O. The number of rotatable bonds is 7. The van der Waals surface area contributed by atoms with Crippen LogP contribution in [0.2, 0.25) is 18.1 Å². The van der Waals surface area contributed by atoms with E-state index in [0.29, 0.717) is 6.61 Å². The number of carbonyl (C=O) groups excluding carboxylic acids is 1. The van der Waals surface area contributed by atoms with E-state index in [2.05, 4.69) is 59.5 Å². The Morgan fingerprint density at radius 2 is 1.81 bits per heavy atom. The molecule has 150 valence electrons. The van der Waals surface area contributed by atoms with Crippen LogP contribution < -0.4 is 0 Å². The summed E-state index contributed by atoms with van der Waals surface area (Å²) < 4.78 is 13.2. The highest BCUT2D eigenvalue weighted by atomic mass is 28.4. The zero-order valence-electron chi connectivity index (χ0n) is 17.8. The number of carbonyl (C=O) groups is 1. The Kier molecular flexibility index (Phi) is 7.23. The van der Waals surface area contributed by atoms with Crippen molar-refractivity contribution in [2.24, 2.45) is 17.8 Å². The average molecular weight is 389 g/mol. The molecule has 3 nitrogen and oxygen atoms in total. The maximum Gasteiger partial charge on any atom is 0.192 e. The molecular weight excluding hydrogens is 352 g/mol. The van der Waals surface area contributed by atoms with E-state index in [9.17, 15) is 4.79 Å². The van der Waals surface area contributed by atoms with Crippen LogP contribution in [0.4, 0.5) is 0 Å². The van der Waals surface area contributed by atoms with Crippen molar-refractivity contribution in [3.8, 4) is 0 Å². The highest BCUT2D eigenvalue weighted by Gasteiger charge is 2.48. The van der Waals surface area contributed by atoms with Gasteiger partial charge in [-0.15, -0.1) is 6.58 Å². The van der Waals surface area contributed by atoms with Gasteiger partial charge in [-0.25, -0.2) is 0 Å². The van der Waals surface area contributed by atoms with Gasteiger partial charge >= 0.3 is 0 Å². The predicted octanol–water partition coefficient (Wildman–Crippen LogP) is 5.62. The molecule has 0 amide bonds. The molecule has 0 radical (unpaired) electrons. The molecule has 1 aliphatic rings. The molecule has 0 aromatic heterocycles. The fraction of sp³-hybridized carbons (Fsp3) is 0.609. The largest absolute Gasteiger partial charge is 0.411 e. The van der Waals surface area contributed by atoms with Gasteiger partial charge in [0.15, 0.2) is 8.32 Å². The van der Waals surface area contributed by atoms with E-state index < -0.39 is 8.32 Å². The monoisotopic (exact) mass is 388 g/mol. The average Bonchev–Trinajstić information content (AvgIpc) is 2.61. The Balaban J connectivity index is 2.28. The lowest BCUT2D eigenvalue weighted by atomic mass is 9.71. The Labute approximate surface area is 166 Å². The first-order valence-corrected chi connectivity index (χ1v) is 12.9. The van der Waals surface area contributed by atoms with Crippen molar-refractivity contribution in [2.45, 2.75) is 71.1 Å². The molecule has 1 saturated carbocycles. The number of aldehydes is 1. The van der Waals surface area contributed by atoms with Crippen LogP contribution in [-0.2, 0) is 20.6 Å². The Bertz CT molecular complexity index is 620. The lowest BCUT2D eigenvalue weighted by Gasteiger charge is -2.48. The number of ether oxygens (including phenoxy) is 1. The smallest absolute Gasteiger partial charge is 0.192 e. The van der Waals surface area contributed by atoms with Crippen molar-refractivity contribution in [1.82, 2.24) is 0 Å². The molecule has 0 bridgehead atoms. The fourth-order valence-corrected chi connectivity index (χ4v) is 5.04. The standard InChI is InChI=1S/C23H36O3Si/c1-8-20-19(15-24)14-17(2)21(26-27(6,7)23(3,4)5)22(20)25-16-18-12-10-9-11-13-18/h8-13,15,17,19-22H,1,14,16H2,2-7H3/t17-,19-,20-,21+,22-/m1/s1. The van der Waals surface area contributed by atoms with Crippen LogP contribution in [0.25, 0.3) is 0 Å². The molecule has 0 aliphatic heterocycles. The van der Waals surface area contributed by atoms with Crippen molar-refractivity contribution in [3.63, 3.8) is 0 Å².